The van der Waals surface area contributed by atoms with E-state index in [9.17, 15) is 14.7 Å². The van der Waals surface area contributed by atoms with Crippen molar-refractivity contribution < 1.29 is 14.7 Å². The van der Waals surface area contributed by atoms with Gasteiger partial charge in [0.2, 0.25) is 0 Å². The van der Waals surface area contributed by atoms with Gasteiger partial charge < -0.3 is 20.3 Å². The van der Waals surface area contributed by atoms with E-state index in [4.69, 9.17) is 11.6 Å². The average Bonchev–Trinajstić information content (AvgIpc) is 2.97. The van der Waals surface area contributed by atoms with Gasteiger partial charge in [-0.25, -0.2) is 0 Å². The number of nitrogens with one attached hydrogen (secondary N) is 2. The van der Waals surface area contributed by atoms with Crippen LogP contribution in [0.4, 0.5) is 5.69 Å². The lowest BCUT2D eigenvalue weighted by Gasteiger charge is -2.13. The largest absolute Gasteiger partial charge is 0.387 e. The van der Waals surface area contributed by atoms with Gasteiger partial charge >= 0.3 is 11.8 Å². The van der Waals surface area contributed by atoms with E-state index in [-0.39, 0.29) is 6.54 Å². The number of hydrogen-bond donors (Lipinski definition) is 3. The maximum absolute atomic E-state index is 11.9. The van der Waals surface area contributed by atoms with Crippen LogP contribution >= 0.6 is 11.6 Å². The molecule has 0 radical (unpaired) electrons. The van der Waals surface area contributed by atoms with Crippen molar-refractivity contribution in [2.75, 3.05) is 11.9 Å². The molecule has 0 aliphatic rings. The molecule has 24 heavy (non-hydrogen) atoms. The first kappa shape index (κ1) is 18.0. The lowest BCUT2D eigenvalue weighted by atomic mass is 10.2. The molecule has 1 aromatic heterocycles. The fourth-order valence-electron chi connectivity index (χ4n) is 2.29. The maximum Gasteiger partial charge on any atom is 0.313 e. The van der Waals surface area contributed by atoms with Crippen molar-refractivity contribution in [3.05, 3.63) is 52.8 Å². The van der Waals surface area contributed by atoms with Crippen LogP contribution in [0.3, 0.4) is 0 Å². The predicted octanol–water partition coefficient (Wildman–Crippen LogP) is 2.17. The van der Waals surface area contributed by atoms with Crippen LogP contribution in [0.1, 0.15) is 23.8 Å². The lowest BCUT2D eigenvalue weighted by Crippen LogP contribution is -2.36. The summed E-state index contributed by atoms with van der Waals surface area (Å²) in [5.74, 6) is -1.53. The van der Waals surface area contributed by atoms with Gasteiger partial charge in [0, 0.05) is 36.2 Å². The SMILES string of the molecule is Cc1c(Cl)cccc1NC(=O)C(=O)NCC[C@@H](O)c1cccn1C. The molecule has 1 atom stereocenters. The number of aliphatic hydroxyl groups excluding tert-OH is 1. The highest BCUT2D eigenvalue weighted by Gasteiger charge is 2.16. The zero-order chi connectivity index (χ0) is 17.7. The van der Waals surface area contributed by atoms with Gasteiger partial charge in [0.05, 0.1) is 6.10 Å². The summed E-state index contributed by atoms with van der Waals surface area (Å²) >= 11 is 5.98. The Bertz CT molecular complexity index is 742. The minimum atomic E-state index is -0.770. The molecule has 0 spiro atoms. The molecule has 2 aromatic rings. The van der Waals surface area contributed by atoms with Crippen LogP contribution in [0.15, 0.2) is 36.5 Å². The zero-order valence-electron chi connectivity index (χ0n) is 13.5. The van der Waals surface area contributed by atoms with Crippen LogP contribution in [0.5, 0.6) is 0 Å². The number of benzene rings is 1. The highest BCUT2D eigenvalue weighted by atomic mass is 35.5. The van der Waals surface area contributed by atoms with E-state index in [1.165, 1.54) is 0 Å². The second-order valence-corrected chi connectivity index (χ2v) is 5.88. The molecular formula is C17H20ClN3O3. The van der Waals surface area contributed by atoms with Crippen LogP contribution in [0.25, 0.3) is 0 Å². The number of aromatic nitrogens is 1. The molecule has 1 heterocycles. The Morgan fingerprint density at radius 2 is 2.00 bits per heavy atom. The molecule has 7 heteroatoms. The van der Waals surface area contributed by atoms with Crippen molar-refractivity contribution in [2.45, 2.75) is 19.4 Å². The summed E-state index contributed by atoms with van der Waals surface area (Å²) < 4.78 is 1.81. The molecule has 0 fully saturated rings. The standard InChI is InChI=1S/C17H20ClN3O3/c1-11-12(18)5-3-6-13(11)20-17(24)16(23)19-9-8-15(22)14-7-4-10-21(14)2/h3-7,10,15,22H,8-9H2,1-2H3,(H,19,23)(H,20,24)/t15-/m1/s1. The summed E-state index contributed by atoms with van der Waals surface area (Å²) in [5.41, 5.74) is 1.94. The molecule has 0 unspecified atom stereocenters. The highest BCUT2D eigenvalue weighted by Crippen LogP contribution is 2.22. The van der Waals surface area contributed by atoms with E-state index in [1.807, 2.05) is 19.3 Å². The van der Waals surface area contributed by atoms with E-state index in [0.717, 1.165) is 5.69 Å². The Kier molecular flexibility index (Phi) is 6.00. The fourth-order valence-corrected chi connectivity index (χ4v) is 2.47. The molecule has 0 saturated carbocycles. The van der Waals surface area contributed by atoms with E-state index in [2.05, 4.69) is 10.6 Å². The summed E-state index contributed by atoms with van der Waals surface area (Å²) in [6.07, 6.45) is 1.44. The zero-order valence-corrected chi connectivity index (χ0v) is 14.3. The van der Waals surface area contributed by atoms with Gasteiger partial charge in [0.15, 0.2) is 0 Å². The third-order valence-corrected chi connectivity index (χ3v) is 4.16. The number of aliphatic hydroxyl groups is 1. The van der Waals surface area contributed by atoms with Crippen LogP contribution < -0.4 is 10.6 Å². The Morgan fingerprint density at radius 1 is 1.25 bits per heavy atom. The number of hydrogen-bond acceptors (Lipinski definition) is 3. The van der Waals surface area contributed by atoms with E-state index in [1.54, 1.807) is 35.8 Å². The molecule has 128 valence electrons. The van der Waals surface area contributed by atoms with Crippen LogP contribution in [0, 0.1) is 6.92 Å². The first-order chi connectivity index (χ1) is 11.4. The topological polar surface area (TPSA) is 83.4 Å². The van der Waals surface area contributed by atoms with E-state index >= 15 is 0 Å². The number of nitrogens with zero attached hydrogens (tertiary/aromatic N) is 1. The van der Waals surface area contributed by atoms with E-state index in [0.29, 0.717) is 22.7 Å². The van der Waals surface area contributed by atoms with Crippen molar-refractivity contribution in [3.8, 4) is 0 Å². The van der Waals surface area contributed by atoms with Crippen LogP contribution in [0.2, 0.25) is 5.02 Å². The van der Waals surface area contributed by atoms with Crippen molar-refractivity contribution in [3.63, 3.8) is 0 Å². The normalized spacial score (nSPS) is 11.8. The first-order valence-corrected chi connectivity index (χ1v) is 7.91. The minimum Gasteiger partial charge on any atom is -0.387 e. The number of carbonyl (C=O) groups is 2. The molecule has 2 rings (SSSR count). The molecular weight excluding hydrogens is 330 g/mol. The lowest BCUT2D eigenvalue weighted by molar-refractivity contribution is -0.136. The summed E-state index contributed by atoms with van der Waals surface area (Å²) in [6.45, 7) is 1.94. The molecule has 3 N–H and O–H groups in total. The van der Waals surface area contributed by atoms with Gasteiger partial charge in [-0.15, -0.1) is 0 Å². The second-order valence-electron chi connectivity index (χ2n) is 5.47. The summed E-state index contributed by atoms with van der Waals surface area (Å²) in [7, 11) is 1.83. The summed E-state index contributed by atoms with van der Waals surface area (Å²) in [4.78, 5) is 23.7. The maximum atomic E-state index is 11.9. The fraction of sp³-hybridized carbons (Fsp3) is 0.294. The highest BCUT2D eigenvalue weighted by molar-refractivity contribution is 6.40. The third-order valence-electron chi connectivity index (χ3n) is 3.75. The molecule has 2 amide bonds. The second kappa shape index (κ2) is 7.99. The number of aryl methyl sites for hydroxylation is 1. The molecule has 0 aliphatic carbocycles. The summed E-state index contributed by atoms with van der Waals surface area (Å²) in [6, 6.07) is 8.71. The minimum absolute atomic E-state index is 0.188. The molecule has 0 aliphatic heterocycles. The van der Waals surface area contributed by atoms with Gasteiger partial charge in [-0.2, -0.15) is 0 Å². The smallest absolute Gasteiger partial charge is 0.313 e. The van der Waals surface area contributed by atoms with Crippen molar-refractivity contribution in [1.82, 2.24) is 9.88 Å². The average molecular weight is 350 g/mol. The quantitative estimate of drug-likeness (QED) is 0.723. The molecule has 6 nitrogen and oxygen atoms in total. The Labute approximate surface area is 145 Å². The third kappa shape index (κ3) is 4.37. The van der Waals surface area contributed by atoms with Gasteiger partial charge in [-0.05, 0) is 43.2 Å². The number of carbonyl (C=O) groups excluding carboxylic acids is 2. The van der Waals surface area contributed by atoms with Gasteiger partial charge in [-0.3, -0.25) is 9.59 Å². The van der Waals surface area contributed by atoms with E-state index < -0.39 is 17.9 Å². The van der Waals surface area contributed by atoms with Crippen LogP contribution in [-0.2, 0) is 16.6 Å². The van der Waals surface area contributed by atoms with Gasteiger partial charge in [0.25, 0.3) is 0 Å². The first-order valence-electron chi connectivity index (χ1n) is 7.53. The number of halogens is 1. The molecule has 0 saturated heterocycles. The summed E-state index contributed by atoms with van der Waals surface area (Å²) in [5, 5.41) is 15.6. The Balaban J connectivity index is 1.83. The van der Waals surface area contributed by atoms with Gasteiger partial charge in [-0.1, -0.05) is 17.7 Å². The van der Waals surface area contributed by atoms with Crippen molar-refractivity contribution in [2.24, 2.45) is 7.05 Å². The van der Waals surface area contributed by atoms with Crippen molar-refractivity contribution >= 4 is 29.1 Å². The molecule has 0 bridgehead atoms. The van der Waals surface area contributed by atoms with Crippen molar-refractivity contribution in [1.29, 1.82) is 0 Å². The predicted molar refractivity (Wildman–Crippen MR) is 92.8 cm³/mol. The number of amides is 2. The number of rotatable bonds is 5. The van der Waals surface area contributed by atoms with Gasteiger partial charge in [0.1, 0.15) is 0 Å². The Morgan fingerprint density at radius 3 is 2.67 bits per heavy atom. The Hall–Kier alpha value is -2.31. The monoisotopic (exact) mass is 349 g/mol. The van der Waals surface area contributed by atoms with Crippen LogP contribution in [-0.4, -0.2) is 28.0 Å². The number of anilines is 1. The molecule has 1 aromatic carbocycles.